The number of carbonyl (C=O) groups excluding carboxylic acids is 1. The lowest BCUT2D eigenvalue weighted by Crippen LogP contribution is -2.58. The highest BCUT2D eigenvalue weighted by atomic mass is 35.5. The number of piperidine rings is 1. The number of nitrogens with one attached hydrogen (secondary N) is 1. The van der Waals surface area contributed by atoms with Crippen LogP contribution in [0.2, 0.25) is 10.2 Å². The van der Waals surface area contributed by atoms with Gasteiger partial charge in [-0.15, -0.1) is 0 Å². The van der Waals surface area contributed by atoms with E-state index in [0.29, 0.717) is 22.9 Å². The highest BCUT2D eigenvalue weighted by molar-refractivity contribution is 6.32. The fourth-order valence-electron chi connectivity index (χ4n) is 5.77. The molecule has 1 saturated carbocycles. The number of aliphatic hydroxyl groups excluding tert-OH is 1. The number of nitrogens with zero attached hydrogens (tertiary/aromatic N) is 5. The van der Waals surface area contributed by atoms with E-state index in [0.717, 1.165) is 82.7 Å². The highest BCUT2D eigenvalue weighted by Crippen LogP contribution is 2.31. The van der Waals surface area contributed by atoms with E-state index in [2.05, 4.69) is 36.9 Å². The Labute approximate surface area is 245 Å². The van der Waals surface area contributed by atoms with Gasteiger partial charge < -0.3 is 25.8 Å². The molecule has 3 heterocycles. The molecule has 3 fully saturated rings. The van der Waals surface area contributed by atoms with Gasteiger partial charge in [-0.1, -0.05) is 36.2 Å². The lowest BCUT2D eigenvalue weighted by molar-refractivity contribution is 0.0607. The van der Waals surface area contributed by atoms with Gasteiger partial charge in [0.25, 0.3) is 5.91 Å². The van der Waals surface area contributed by atoms with Gasteiger partial charge in [-0.25, -0.2) is 9.97 Å². The van der Waals surface area contributed by atoms with Crippen molar-refractivity contribution in [1.82, 2.24) is 25.1 Å². The number of aromatic nitrogens is 2. The van der Waals surface area contributed by atoms with Crippen LogP contribution in [-0.2, 0) is 6.54 Å². The van der Waals surface area contributed by atoms with Gasteiger partial charge in [0.05, 0.1) is 6.61 Å². The molecule has 0 bridgehead atoms. The van der Waals surface area contributed by atoms with Crippen molar-refractivity contribution in [2.75, 3.05) is 56.6 Å². The van der Waals surface area contributed by atoms with Crippen molar-refractivity contribution in [3.05, 3.63) is 39.6 Å². The molecular weight excluding hydrogens is 553 g/mol. The van der Waals surface area contributed by atoms with Crippen LogP contribution in [0.15, 0.2) is 18.2 Å². The van der Waals surface area contributed by atoms with Crippen molar-refractivity contribution >= 4 is 40.7 Å². The molecule has 40 heavy (non-hydrogen) atoms. The summed E-state index contributed by atoms with van der Waals surface area (Å²) in [6.45, 7) is 7.70. The number of piperazine rings is 1. The minimum absolute atomic E-state index is 0.0295. The van der Waals surface area contributed by atoms with Gasteiger partial charge in [0.15, 0.2) is 22.5 Å². The summed E-state index contributed by atoms with van der Waals surface area (Å²) in [5.41, 5.74) is 7.34. The van der Waals surface area contributed by atoms with Crippen LogP contribution in [0.1, 0.15) is 55.1 Å². The number of ether oxygens (including phenoxy) is 1. The van der Waals surface area contributed by atoms with Crippen LogP contribution in [0, 0.1) is 0 Å². The Balaban J connectivity index is 1.17. The number of nitrogens with two attached hydrogens (primary N) is 1. The largest absolute Gasteiger partial charge is 0.491 e. The molecule has 0 spiro atoms. The lowest BCUT2D eigenvalue weighted by Gasteiger charge is -2.47. The zero-order valence-corrected chi connectivity index (χ0v) is 24.5. The Morgan fingerprint density at radius 2 is 1.93 bits per heavy atom. The van der Waals surface area contributed by atoms with Gasteiger partial charge in [-0.3, -0.25) is 14.6 Å². The number of benzene rings is 1. The quantitative estimate of drug-likeness (QED) is 0.382. The van der Waals surface area contributed by atoms with E-state index in [1.165, 1.54) is 0 Å². The number of likely N-dealkylation sites (tertiary alicyclic amines) is 1. The van der Waals surface area contributed by atoms with Gasteiger partial charge >= 0.3 is 0 Å². The van der Waals surface area contributed by atoms with E-state index in [1.807, 2.05) is 18.2 Å². The van der Waals surface area contributed by atoms with E-state index in [9.17, 15) is 4.79 Å². The molecule has 1 aromatic heterocycles. The van der Waals surface area contributed by atoms with E-state index < -0.39 is 0 Å². The van der Waals surface area contributed by atoms with Crippen molar-refractivity contribution in [1.29, 1.82) is 0 Å². The van der Waals surface area contributed by atoms with Gasteiger partial charge in [0.1, 0.15) is 12.4 Å². The molecular formula is C28H39Cl2N7O3. The summed E-state index contributed by atoms with van der Waals surface area (Å²) in [6, 6.07) is 6.81. The minimum atomic E-state index is -0.312. The number of halogens is 2. The van der Waals surface area contributed by atoms with Crippen molar-refractivity contribution in [2.24, 2.45) is 0 Å². The molecule has 1 aliphatic carbocycles. The van der Waals surface area contributed by atoms with E-state index >= 15 is 0 Å². The normalized spacial score (nSPS) is 21.0. The first-order valence-corrected chi connectivity index (χ1v) is 15.0. The standard InChI is InChI=1S/C28H39Cl2N7O3/c1-2-21-17-36(27-25(30)33-24(26(31)34-27)28(39)32-20-5-6-20)11-12-37(21)22-7-9-35(10-8-22)16-18-3-4-19(29)15-23(18)40-14-13-38/h3-4,15,20-22,38H,2,5-14,16-17H2,1H3,(H2,31,34)(H,32,39)/t21-/m0/s1. The number of rotatable bonds is 10. The Morgan fingerprint density at radius 1 is 1.15 bits per heavy atom. The molecule has 4 N–H and O–H groups in total. The molecule has 10 nitrogen and oxygen atoms in total. The second-order valence-electron chi connectivity index (χ2n) is 10.9. The zero-order chi connectivity index (χ0) is 28.2. The molecule has 1 atom stereocenters. The van der Waals surface area contributed by atoms with Crippen LogP contribution >= 0.6 is 23.2 Å². The number of amides is 1. The summed E-state index contributed by atoms with van der Waals surface area (Å²) >= 11 is 12.7. The third-order valence-corrected chi connectivity index (χ3v) is 8.58. The van der Waals surface area contributed by atoms with Crippen LogP contribution in [-0.4, -0.2) is 94.8 Å². The number of hydrogen-bond donors (Lipinski definition) is 3. The maximum absolute atomic E-state index is 12.5. The number of hydrogen-bond acceptors (Lipinski definition) is 9. The minimum Gasteiger partial charge on any atom is -0.491 e. The third-order valence-electron chi connectivity index (χ3n) is 8.09. The highest BCUT2D eigenvalue weighted by Gasteiger charge is 2.35. The fraction of sp³-hybridized carbons (Fsp3) is 0.607. The monoisotopic (exact) mass is 591 g/mol. The van der Waals surface area contributed by atoms with Crippen molar-refractivity contribution in [2.45, 2.75) is 63.7 Å². The Bertz CT molecular complexity index is 1190. The maximum Gasteiger partial charge on any atom is 0.274 e. The molecule has 1 aromatic carbocycles. The number of anilines is 2. The molecule has 2 saturated heterocycles. The van der Waals surface area contributed by atoms with Crippen LogP contribution in [0.5, 0.6) is 5.75 Å². The summed E-state index contributed by atoms with van der Waals surface area (Å²) in [7, 11) is 0. The van der Waals surface area contributed by atoms with E-state index in [4.69, 9.17) is 38.8 Å². The van der Waals surface area contributed by atoms with E-state index in [-0.39, 0.29) is 41.8 Å². The molecule has 5 rings (SSSR count). The van der Waals surface area contributed by atoms with Crippen molar-refractivity contribution in [3.8, 4) is 5.75 Å². The summed E-state index contributed by atoms with van der Waals surface area (Å²) < 4.78 is 5.73. The van der Waals surface area contributed by atoms with Crippen molar-refractivity contribution in [3.63, 3.8) is 0 Å². The van der Waals surface area contributed by atoms with Gasteiger partial charge in [-0.2, -0.15) is 0 Å². The lowest BCUT2D eigenvalue weighted by atomic mass is 9.97. The Kier molecular flexibility index (Phi) is 9.53. The van der Waals surface area contributed by atoms with Crippen LogP contribution < -0.4 is 20.7 Å². The second kappa shape index (κ2) is 13.1. The molecule has 2 aromatic rings. The van der Waals surface area contributed by atoms with E-state index in [1.54, 1.807) is 0 Å². The molecule has 0 radical (unpaired) electrons. The predicted octanol–water partition coefficient (Wildman–Crippen LogP) is 3.19. The first-order chi connectivity index (χ1) is 19.4. The molecule has 218 valence electrons. The fourth-order valence-corrected chi connectivity index (χ4v) is 6.18. The van der Waals surface area contributed by atoms with Gasteiger partial charge in [0, 0.05) is 54.9 Å². The first-order valence-electron chi connectivity index (χ1n) is 14.2. The molecule has 12 heteroatoms. The maximum atomic E-state index is 12.5. The molecule has 3 aliphatic rings. The van der Waals surface area contributed by atoms with Gasteiger partial charge in [0.2, 0.25) is 0 Å². The Hall–Kier alpha value is -2.37. The van der Waals surface area contributed by atoms with Crippen LogP contribution in [0.3, 0.4) is 0 Å². The topological polar surface area (TPSA) is 120 Å². The molecule has 0 unspecified atom stereocenters. The Morgan fingerprint density at radius 3 is 2.62 bits per heavy atom. The molecule has 2 aliphatic heterocycles. The van der Waals surface area contributed by atoms with Crippen molar-refractivity contribution < 1.29 is 14.6 Å². The SMILES string of the molecule is CC[C@H]1CN(c2nc(N)c(C(=O)NC3CC3)nc2Cl)CCN1C1CCN(Cc2ccc(Cl)cc2OCCO)CC1. The first kappa shape index (κ1) is 29.1. The zero-order valence-electron chi connectivity index (χ0n) is 23.0. The number of carbonyl (C=O) groups is 1. The average Bonchev–Trinajstić information content (AvgIpc) is 3.78. The summed E-state index contributed by atoms with van der Waals surface area (Å²) in [6.07, 6.45) is 5.16. The third kappa shape index (κ3) is 6.91. The smallest absolute Gasteiger partial charge is 0.274 e. The summed E-state index contributed by atoms with van der Waals surface area (Å²) in [5.74, 6) is 1.10. The van der Waals surface area contributed by atoms with Crippen LogP contribution in [0.25, 0.3) is 0 Å². The summed E-state index contributed by atoms with van der Waals surface area (Å²) in [4.78, 5) is 28.6. The second-order valence-corrected chi connectivity index (χ2v) is 11.7. The van der Waals surface area contributed by atoms with Crippen LogP contribution in [0.4, 0.5) is 11.6 Å². The average molecular weight is 593 g/mol. The summed E-state index contributed by atoms with van der Waals surface area (Å²) in [5, 5.41) is 12.9. The van der Waals surface area contributed by atoms with Gasteiger partial charge in [-0.05, 0) is 57.3 Å². The number of nitrogen functional groups attached to an aromatic ring is 1. The number of aliphatic hydroxyl groups is 1. The molecule has 1 amide bonds. The predicted molar refractivity (Wildman–Crippen MR) is 157 cm³/mol.